The molecule has 31 heavy (non-hydrogen) atoms. The summed E-state index contributed by atoms with van der Waals surface area (Å²) in [6, 6.07) is 8.12. The van der Waals surface area contributed by atoms with E-state index in [-0.39, 0.29) is 33.8 Å². The summed E-state index contributed by atoms with van der Waals surface area (Å²) < 4.78 is 13.9. The molecule has 3 heterocycles. The standard InChI is InChI=1S/C22H17FN4O4/c23-15-4-1-3-12-18(15)24-10-14(19(12)28)20(29)25-11-6-7-16-13(9-11)22(31)27-8-2-5-17(27)21(30)26-16/h1,3-4,6-7,9-10,17H,2,5,8H2,(H,24,28)(H,25,29)(H,26,30)/t17-/m0/s1. The molecule has 2 aliphatic heterocycles. The summed E-state index contributed by atoms with van der Waals surface area (Å²) >= 11 is 0. The number of benzene rings is 2. The van der Waals surface area contributed by atoms with E-state index < -0.39 is 23.2 Å². The van der Waals surface area contributed by atoms with Crippen LogP contribution in [0.3, 0.4) is 0 Å². The molecule has 0 spiro atoms. The number of hydrogen-bond donors (Lipinski definition) is 3. The third kappa shape index (κ3) is 3.05. The minimum Gasteiger partial charge on any atom is -0.358 e. The Morgan fingerprint density at radius 2 is 2.00 bits per heavy atom. The minimum absolute atomic E-state index is 0.0237. The molecule has 3 aromatic rings. The van der Waals surface area contributed by atoms with Gasteiger partial charge >= 0.3 is 0 Å². The SMILES string of the molecule is O=C(Nc1ccc2c(c1)C(=O)N1CCC[C@H]1C(=O)N2)c1c[nH]c2c(F)cccc2c1=O. The minimum atomic E-state index is -0.698. The van der Waals surface area contributed by atoms with E-state index in [1.807, 2.05) is 0 Å². The lowest BCUT2D eigenvalue weighted by atomic mass is 10.1. The Bertz CT molecular complexity index is 1330. The van der Waals surface area contributed by atoms with Gasteiger partial charge in [-0.3, -0.25) is 19.2 Å². The normalized spacial score (nSPS) is 17.7. The van der Waals surface area contributed by atoms with Crippen LogP contribution in [0.5, 0.6) is 0 Å². The van der Waals surface area contributed by atoms with E-state index >= 15 is 0 Å². The number of fused-ring (bicyclic) bond motifs is 3. The smallest absolute Gasteiger partial charge is 0.261 e. The highest BCUT2D eigenvalue weighted by Gasteiger charge is 2.38. The first-order valence-corrected chi connectivity index (χ1v) is 9.81. The summed E-state index contributed by atoms with van der Waals surface area (Å²) in [6.07, 6.45) is 2.52. The maximum atomic E-state index is 13.9. The fourth-order valence-corrected chi connectivity index (χ4v) is 4.14. The number of hydrogen-bond acceptors (Lipinski definition) is 4. The Labute approximate surface area is 175 Å². The maximum Gasteiger partial charge on any atom is 0.261 e. The molecule has 1 atom stereocenters. The molecule has 0 unspecified atom stereocenters. The Kier molecular flexibility index (Phi) is 4.32. The lowest BCUT2D eigenvalue weighted by molar-refractivity contribution is -0.119. The second kappa shape index (κ2) is 7.05. The van der Waals surface area contributed by atoms with Crippen molar-refractivity contribution in [2.45, 2.75) is 18.9 Å². The Morgan fingerprint density at radius 3 is 2.84 bits per heavy atom. The fourth-order valence-electron chi connectivity index (χ4n) is 4.14. The molecule has 8 nitrogen and oxygen atoms in total. The zero-order valence-electron chi connectivity index (χ0n) is 16.2. The van der Waals surface area contributed by atoms with Gasteiger partial charge in [-0.1, -0.05) is 6.07 Å². The quantitative estimate of drug-likeness (QED) is 0.591. The van der Waals surface area contributed by atoms with Gasteiger partial charge in [0.15, 0.2) is 0 Å². The second-order valence-electron chi connectivity index (χ2n) is 7.55. The first-order chi connectivity index (χ1) is 14.9. The molecule has 2 aromatic carbocycles. The van der Waals surface area contributed by atoms with Crippen LogP contribution in [0.2, 0.25) is 0 Å². The van der Waals surface area contributed by atoms with Crippen molar-refractivity contribution in [3.63, 3.8) is 0 Å². The molecule has 5 rings (SSSR count). The first-order valence-electron chi connectivity index (χ1n) is 9.81. The number of carbonyl (C=O) groups is 3. The number of amides is 3. The molecule has 0 bridgehead atoms. The zero-order valence-corrected chi connectivity index (χ0v) is 16.2. The average molecular weight is 420 g/mol. The molecular formula is C22H17FN4O4. The lowest BCUT2D eigenvalue weighted by Crippen LogP contribution is -2.40. The zero-order chi connectivity index (χ0) is 21.7. The average Bonchev–Trinajstić information content (AvgIpc) is 3.22. The predicted molar refractivity (Wildman–Crippen MR) is 112 cm³/mol. The highest BCUT2D eigenvalue weighted by molar-refractivity contribution is 6.12. The van der Waals surface area contributed by atoms with Gasteiger partial charge in [0.2, 0.25) is 11.3 Å². The topological polar surface area (TPSA) is 111 Å². The van der Waals surface area contributed by atoms with E-state index in [9.17, 15) is 23.6 Å². The Morgan fingerprint density at radius 1 is 1.16 bits per heavy atom. The van der Waals surface area contributed by atoms with Gasteiger partial charge < -0.3 is 20.5 Å². The molecular weight excluding hydrogens is 403 g/mol. The van der Waals surface area contributed by atoms with Crippen molar-refractivity contribution in [1.29, 1.82) is 0 Å². The molecule has 0 radical (unpaired) electrons. The first kappa shape index (κ1) is 19.0. The summed E-state index contributed by atoms with van der Waals surface area (Å²) in [6.45, 7) is 0.496. The number of anilines is 2. The molecule has 1 fully saturated rings. The molecule has 2 aliphatic rings. The van der Waals surface area contributed by atoms with Gasteiger partial charge in [0.1, 0.15) is 17.4 Å². The lowest BCUT2D eigenvalue weighted by Gasteiger charge is -2.20. The number of H-pyrrole nitrogens is 1. The fraction of sp³-hybridized carbons (Fsp3) is 0.182. The molecule has 3 amide bonds. The second-order valence-corrected chi connectivity index (χ2v) is 7.55. The largest absolute Gasteiger partial charge is 0.358 e. The van der Waals surface area contributed by atoms with E-state index in [0.717, 1.165) is 12.6 Å². The number of nitrogens with zero attached hydrogens (tertiary/aromatic N) is 1. The Balaban J connectivity index is 1.47. The molecule has 156 valence electrons. The van der Waals surface area contributed by atoms with Crippen LogP contribution in [0, 0.1) is 5.82 Å². The van der Waals surface area contributed by atoms with Gasteiger partial charge in [0.05, 0.1) is 16.8 Å². The molecule has 9 heteroatoms. The number of para-hydroxylation sites is 1. The number of aromatic amines is 1. The van der Waals surface area contributed by atoms with Crippen LogP contribution >= 0.6 is 0 Å². The summed E-state index contributed by atoms with van der Waals surface area (Å²) in [4.78, 5) is 54.9. The van der Waals surface area contributed by atoms with Crippen molar-refractivity contribution in [2.75, 3.05) is 17.2 Å². The van der Waals surface area contributed by atoms with Gasteiger partial charge in [-0.05, 0) is 43.2 Å². The van der Waals surface area contributed by atoms with Crippen LogP contribution in [0.4, 0.5) is 15.8 Å². The van der Waals surface area contributed by atoms with Crippen molar-refractivity contribution in [3.05, 3.63) is 69.8 Å². The number of carbonyl (C=O) groups excluding carboxylic acids is 3. The molecule has 1 aromatic heterocycles. The molecule has 3 N–H and O–H groups in total. The van der Waals surface area contributed by atoms with E-state index in [4.69, 9.17) is 0 Å². The van der Waals surface area contributed by atoms with Gasteiger partial charge in [-0.15, -0.1) is 0 Å². The van der Waals surface area contributed by atoms with E-state index in [2.05, 4.69) is 15.6 Å². The highest BCUT2D eigenvalue weighted by atomic mass is 19.1. The number of rotatable bonds is 2. The Hall–Kier alpha value is -4.01. The van der Waals surface area contributed by atoms with Crippen molar-refractivity contribution >= 4 is 40.0 Å². The summed E-state index contributed by atoms with van der Waals surface area (Å²) in [5.74, 6) is -1.80. The van der Waals surface area contributed by atoms with E-state index in [1.165, 1.54) is 35.2 Å². The highest BCUT2D eigenvalue weighted by Crippen LogP contribution is 2.30. The number of pyridine rings is 1. The van der Waals surface area contributed by atoms with Crippen molar-refractivity contribution in [2.24, 2.45) is 0 Å². The van der Waals surface area contributed by atoms with E-state index in [1.54, 1.807) is 6.07 Å². The number of nitrogens with one attached hydrogen (secondary N) is 3. The van der Waals surface area contributed by atoms with Crippen LogP contribution in [0.15, 0.2) is 47.4 Å². The van der Waals surface area contributed by atoms with Crippen molar-refractivity contribution in [1.82, 2.24) is 9.88 Å². The van der Waals surface area contributed by atoms with Crippen LogP contribution in [-0.4, -0.2) is 40.2 Å². The van der Waals surface area contributed by atoms with Crippen LogP contribution in [-0.2, 0) is 4.79 Å². The third-order valence-corrected chi connectivity index (χ3v) is 5.69. The van der Waals surface area contributed by atoms with Gasteiger partial charge in [0, 0.05) is 23.8 Å². The summed E-state index contributed by atoms with van der Waals surface area (Å²) in [7, 11) is 0. The maximum absolute atomic E-state index is 13.9. The monoisotopic (exact) mass is 420 g/mol. The number of aromatic nitrogens is 1. The predicted octanol–water partition coefficient (Wildman–Crippen LogP) is 2.48. The van der Waals surface area contributed by atoms with Crippen molar-refractivity contribution in [3.8, 4) is 0 Å². The summed E-state index contributed by atoms with van der Waals surface area (Å²) in [5.41, 5.74) is 0.167. The van der Waals surface area contributed by atoms with Crippen LogP contribution < -0.4 is 16.1 Å². The molecule has 0 saturated carbocycles. The number of halogens is 1. The van der Waals surface area contributed by atoms with Crippen molar-refractivity contribution < 1.29 is 18.8 Å². The van der Waals surface area contributed by atoms with E-state index in [0.29, 0.717) is 24.3 Å². The molecule has 0 aliphatic carbocycles. The molecule has 1 saturated heterocycles. The van der Waals surface area contributed by atoms with Crippen LogP contribution in [0.25, 0.3) is 10.9 Å². The van der Waals surface area contributed by atoms with Gasteiger partial charge in [0.25, 0.3) is 11.8 Å². The van der Waals surface area contributed by atoms with Gasteiger partial charge in [-0.25, -0.2) is 4.39 Å². The van der Waals surface area contributed by atoms with Crippen LogP contribution in [0.1, 0.15) is 33.6 Å². The van der Waals surface area contributed by atoms with Gasteiger partial charge in [-0.2, -0.15) is 0 Å². The summed E-state index contributed by atoms with van der Waals surface area (Å²) in [5, 5.41) is 5.43. The third-order valence-electron chi connectivity index (χ3n) is 5.69.